The average molecular weight is 341 g/mol. The van der Waals surface area contributed by atoms with Gasteiger partial charge in [0.15, 0.2) is 0 Å². The van der Waals surface area contributed by atoms with E-state index >= 15 is 0 Å². The number of hydrogen-bond acceptors (Lipinski definition) is 5. The Bertz CT molecular complexity index is 770. The number of methoxy groups -OCH3 is 1. The van der Waals surface area contributed by atoms with Crippen molar-refractivity contribution in [2.75, 3.05) is 13.7 Å². The Labute approximate surface area is 145 Å². The van der Waals surface area contributed by atoms with Crippen LogP contribution in [-0.4, -0.2) is 36.6 Å². The average Bonchev–Trinajstić information content (AvgIpc) is 3.26. The number of hydrogen-bond donors (Lipinski definition) is 1. The third-order valence-electron chi connectivity index (χ3n) is 3.99. The van der Waals surface area contributed by atoms with Crippen LogP contribution in [0, 0.1) is 5.92 Å². The lowest BCUT2D eigenvalue weighted by Crippen LogP contribution is -2.30. The Morgan fingerprint density at radius 1 is 1.44 bits per heavy atom. The Balaban J connectivity index is 1.53. The van der Waals surface area contributed by atoms with E-state index in [2.05, 4.69) is 10.5 Å². The van der Waals surface area contributed by atoms with E-state index in [1.54, 1.807) is 36.5 Å². The quantitative estimate of drug-likeness (QED) is 0.641. The summed E-state index contributed by atoms with van der Waals surface area (Å²) < 4.78 is 10.4. The normalized spacial score (nSPS) is 17.2. The number of carbonyl (C=O) groups is 2. The van der Waals surface area contributed by atoms with Crippen LogP contribution in [0.2, 0.25) is 0 Å². The van der Waals surface area contributed by atoms with Crippen molar-refractivity contribution in [3.05, 3.63) is 54.0 Å². The minimum absolute atomic E-state index is 0.0617. The number of furan rings is 1. The van der Waals surface area contributed by atoms with Crippen molar-refractivity contribution in [3.63, 3.8) is 0 Å². The molecule has 1 saturated heterocycles. The van der Waals surface area contributed by atoms with E-state index in [-0.39, 0.29) is 18.2 Å². The van der Waals surface area contributed by atoms with E-state index in [1.165, 1.54) is 6.21 Å². The van der Waals surface area contributed by atoms with Gasteiger partial charge in [0.25, 0.3) is 0 Å². The fraction of sp³-hybridized carbons (Fsp3) is 0.278. The SMILES string of the molecule is COc1cccc(/C=N/NC(=O)C2CC(=O)N(Cc3ccco3)C2)c1. The molecule has 2 aromatic rings. The van der Waals surface area contributed by atoms with Crippen LogP contribution in [0.15, 0.2) is 52.2 Å². The minimum atomic E-state index is -0.412. The zero-order valence-electron chi connectivity index (χ0n) is 13.8. The molecule has 1 N–H and O–H groups in total. The zero-order valence-corrected chi connectivity index (χ0v) is 13.8. The second kappa shape index (κ2) is 7.65. The van der Waals surface area contributed by atoms with Crippen molar-refractivity contribution in [3.8, 4) is 5.75 Å². The molecule has 2 amide bonds. The molecule has 25 heavy (non-hydrogen) atoms. The summed E-state index contributed by atoms with van der Waals surface area (Å²) in [5, 5.41) is 3.96. The molecule has 0 bridgehead atoms. The highest BCUT2D eigenvalue weighted by molar-refractivity contribution is 5.90. The predicted molar refractivity (Wildman–Crippen MR) is 91.0 cm³/mol. The first-order valence-electron chi connectivity index (χ1n) is 7.93. The fourth-order valence-electron chi connectivity index (χ4n) is 2.67. The van der Waals surface area contributed by atoms with Crippen molar-refractivity contribution in [1.82, 2.24) is 10.3 Å². The van der Waals surface area contributed by atoms with Gasteiger partial charge in [-0.25, -0.2) is 5.43 Å². The van der Waals surface area contributed by atoms with Crippen molar-refractivity contribution in [1.29, 1.82) is 0 Å². The summed E-state index contributed by atoms with van der Waals surface area (Å²) in [5.74, 6) is 0.670. The molecule has 1 fully saturated rings. The van der Waals surface area contributed by atoms with Gasteiger partial charge in [-0.05, 0) is 29.8 Å². The van der Waals surface area contributed by atoms with E-state index in [0.29, 0.717) is 24.6 Å². The second-order valence-electron chi connectivity index (χ2n) is 5.77. The van der Waals surface area contributed by atoms with E-state index in [1.807, 2.05) is 18.2 Å². The lowest BCUT2D eigenvalue weighted by molar-refractivity contribution is -0.129. The highest BCUT2D eigenvalue weighted by atomic mass is 16.5. The predicted octanol–water partition coefficient (Wildman–Crippen LogP) is 1.79. The lowest BCUT2D eigenvalue weighted by Gasteiger charge is -2.14. The molecule has 130 valence electrons. The number of hydrazone groups is 1. The number of amides is 2. The molecule has 7 heteroatoms. The zero-order chi connectivity index (χ0) is 17.6. The van der Waals surface area contributed by atoms with Gasteiger partial charge in [0.2, 0.25) is 11.8 Å². The van der Waals surface area contributed by atoms with Crippen LogP contribution >= 0.6 is 0 Å². The maximum atomic E-state index is 12.2. The third kappa shape index (κ3) is 4.26. The summed E-state index contributed by atoms with van der Waals surface area (Å²) in [4.78, 5) is 25.9. The number of nitrogens with one attached hydrogen (secondary N) is 1. The topological polar surface area (TPSA) is 84.1 Å². The van der Waals surface area contributed by atoms with Crippen LogP contribution < -0.4 is 10.2 Å². The smallest absolute Gasteiger partial charge is 0.245 e. The van der Waals surface area contributed by atoms with Crippen LogP contribution in [0.4, 0.5) is 0 Å². The van der Waals surface area contributed by atoms with Gasteiger partial charge >= 0.3 is 0 Å². The van der Waals surface area contributed by atoms with Gasteiger partial charge < -0.3 is 14.1 Å². The van der Waals surface area contributed by atoms with Crippen molar-refractivity contribution < 1.29 is 18.7 Å². The number of carbonyl (C=O) groups excluding carboxylic acids is 2. The van der Waals surface area contributed by atoms with Gasteiger partial charge in [-0.3, -0.25) is 9.59 Å². The molecule has 1 aromatic heterocycles. The van der Waals surface area contributed by atoms with Crippen molar-refractivity contribution in [2.24, 2.45) is 11.0 Å². The van der Waals surface area contributed by atoms with Gasteiger partial charge in [-0.2, -0.15) is 5.10 Å². The first-order valence-corrected chi connectivity index (χ1v) is 7.93. The molecule has 0 radical (unpaired) electrons. The van der Waals surface area contributed by atoms with Gasteiger partial charge in [0.05, 0.1) is 32.1 Å². The van der Waals surface area contributed by atoms with Gasteiger partial charge in [0.1, 0.15) is 11.5 Å². The van der Waals surface area contributed by atoms with Crippen LogP contribution in [0.1, 0.15) is 17.7 Å². The maximum absolute atomic E-state index is 12.2. The lowest BCUT2D eigenvalue weighted by atomic mass is 10.1. The summed E-state index contributed by atoms with van der Waals surface area (Å²) in [7, 11) is 1.59. The van der Waals surface area contributed by atoms with Gasteiger partial charge in [-0.15, -0.1) is 0 Å². The van der Waals surface area contributed by atoms with E-state index in [9.17, 15) is 9.59 Å². The summed E-state index contributed by atoms with van der Waals surface area (Å²) in [6, 6.07) is 10.9. The summed E-state index contributed by atoms with van der Waals surface area (Å²) in [5.41, 5.74) is 3.30. The summed E-state index contributed by atoms with van der Waals surface area (Å²) in [6.07, 6.45) is 3.28. The molecule has 0 saturated carbocycles. The molecule has 0 spiro atoms. The molecule has 1 atom stereocenters. The molecular formula is C18H19N3O4. The number of ether oxygens (including phenoxy) is 1. The molecule has 1 aliphatic heterocycles. The van der Waals surface area contributed by atoms with Crippen molar-refractivity contribution >= 4 is 18.0 Å². The molecule has 7 nitrogen and oxygen atoms in total. The van der Waals surface area contributed by atoms with Crippen LogP contribution in [0.3, 0.4) is 0 Å². The fourth-order valence-corrected chi connectivity index (χ4v) is 2.67. The highest BCUT2D eigenvalue weighted by Gasteiger charge is 2.34. The number of nitrogens with zero attached hydrogens (tertiary/aromatic N) is 2. The Morgan fingerprint density at radius 2 is 2.32 bits per heavy atom. The third-order valence-corrected chi connectivity index (χ3v) is 3.99. The molecule has 1 aliphatic rings. The summed E-state index contributed by atoms with van der Waals surface area (Å²) >= 11 is 0. The molecule has 2 heterocycles. The standard InChI is InChI=1S/C18H19N3O4/c1-24-15-5-2-4-13(8-15)10-19-20-18(23)14-9-17(22)21(11-14)12-16-6-3-7-25-16/h2-8,10,14H,9,11-12H2,1H3,(H,20,23)/b19-10+. The second-order valence-corrected chi connectivity index (χ2v) is 5.77. The Morgan fingerprint density at radius 3 is 3.08 bits per heavy atom. The van der Waals surface area contributed by atoms with Crippen molar-refractivity contribution in [2.45, 2.75) is 13.0 Å². The van der Waals surface area contributed by atoms with E-state index in [4.69, 9.17) is 9.15 Å². The van der Waals surface area contributed by atoms with Crippen LogP contribution in [0.5, 0.6) is 5.75 Å². The maximum Gasteiger partial charge on any atom is 0.245 e. The number of likely N-dealkylation sites (tertiary alicyclic amines) is 1. The highest BCUT2D eigenvalue weighted by Crippen LogP contribution is 2.20. The molecular weight excluding hydrogens is 322 g/mol. The van der Waals surface area contributed by atoms with Crippen LogP contribution in [-0.2, 0) is 16.1 Å². The Kier molecular flexibility index (Phi) is 5.13. The van der Waals surface area contributed by atoms with E-state index in [0.717, 1.165) is 5.56 Å². The number of benzene rings is 1. The summed E-state index contributed by atoms with van der Waals surface area (Å²) in [6.45, 7) is 0.739. The first kappa shape index (κ1) is 16.8. The molecule has 1 unspecified atom stereocenters. The van der Waals surface area contributed by atoms with E-state index < -0.39 is 5.92 Å². The molecule has 3 rings (SSSR count). The molecule has 0 aliphatic carbocycles. The van der Waals surface area contributed by atoms with Crippen LogP contribution in [0.25, 0.3) is 0 Å². The Hall–Kier alpha value is -3.09. The van der Waals surface area contributed by atoms with Gasteiger partial charge in [-0.1, -0.05) is 12.1 Å². The first-order chi connectivity index (χ1) is 12.2. The van der Waals surface area contributed by atoms with Gasteiger partial charge in [0, 0.05) is 13.0 Å². The molecule has 1 aromatic carbocycles. The minimum Gasteiger partial charge on any atom is -0.497 e. The number of rotatable bonds is 6. The largest absolute Gasteiger partial charge is 0.497 e. The monoisotopic (exact) mass is 341 g/mol.